The van der Waals surface area contributed by atoms with Crippen LogP contribution in [0.25, 0.3) is 10.9 Å². The molecule has 100 valence electrons. The predicted molar refractivity (Wildman–Crippen MR) is 76.2 cm³/mol. The molecule has 5 nitrogen and oxygen atoms in total. The Morgan fingerprint density at radius 1 is 1.20 bits per heavy atom. The van der Waals surface area contributed by atoms with Crippen LogP contribution in [0.15, 0.2) is 48.8 Å². The number of amides is 1. The zero-order valence-corrected chi connectivity index (χ0v) is 10.9. The Kier molecular flexibility index (Phi) is 3.16. The van der Waals surface area contributed by atoms with Crippen LogP contribution in [0.1, 0.15) is 16.1 Å². The number of hydrogen-bond donors (Lipinski definition) is 1. The molecule has 0 aliphatic heterocycles. The van der Waals surface area contributed by atoms with Gasteiger partial charge in [0.2, 0.25) is 0 Å². The molecular weight excluding hydrogens is 252 g/mol. The number of primary amides is 1. The van der Waals surface area contributed by atoms with Crippen molar-refractivity contribution in [3.8, 4) is 0 Å². The van der Waals surface area contributed by atoms with Crippen LogP contribution in [0.2, 0.25) is 0 Å². The highest BCUT2D eigenvalue weighted by atomic mass is 16.1. The first-order chi connectivity index (χ1) is 9.75. The molecule has 5 heteroatoms. The Hall–Kier alpha value is -2.69. The average Bonchev–Trinajstić information content (AvgIpc) is 2.85. The monoisotopic (exact) mass is 266 g/mol. The molecule has 1 aromatic carbocycles. The third-order valence-electron chi connectivity index (χ3n) is 3.23. The first-order valence-corrected chi connectivity index (χ1v) is 6.40. The maximum atomic E-state index is 11.4. The summed E-state index contributed by atoms with van der Waals surface area (Å²) in [6, 6.07) is 11.5. The van der Waals surface area contributed by atoms with Gasteiger partial charge in [-0.05, 0) is 24.1 Å². The molecular formula is C15H14N4O. The summed E-state index contributed by atoms with van der Waals surface area (Å²) in [5.41, 5.74) is 7.76. The summed E-state index contributed by atoms with van der Waals surface area (Å²) in [5, 5.41) is 5.12. The zero-order chi connectivity index (χ0) is 13.9. The quantitative estimate of drug-likeness (QED) is 0.782. The second kappa shape index (κ2) is 5.13. The van der Waals surface area contributed by atoms with Crippen LogP contribution in [0.3, 0.4) is 0 Å². The third-order valence-corrected chi connectivity index (χ3v) is 3.23. The molecule has 0 bridgehead atoms. The van der Waals surface area contributed by atoms with Gasteiger partial charge in [0.1, 0.15) is 0 Å². The van der Waals surface area contributed by atoms with Gasteiger partial charge in [0.15, 0.2) is 5.69 Å². The predicted octanol–water partition coefficient (Wildman–Crippen LogP) is 1.77. The molecule has 1 amide bonds. The fourth-order valence-corrected chi connectivity index (χ4v) is 2.26. The number of hydrogen-bond acceptors (Lipinski definition) is 3. The lowest BCUT2D eigenvalue weighted by Crippen LogP contribution is -2.13. The highest BCUT2D eigenvalue weighted by molar-refractivity contribution is 6.04. The van der Waals surface area contributed by atoms with Crippen molar-refractivity contribution in [3.05, 3.63) is 60.0 Å². The Morgan fingerprint density at radius 3 is 2.80 bits per heavy atom. The summed E-state index contributed by atoms with van der Waals surface area (Å²) in [6.07, 6.45) is 4.39. The minimum absolute atomic E-state index is 0.326. The van der Waals surface area contributed by atoms with Crippen molar-refractivity contribution in [2.24, 2.45) is 5.73 Å². The second-order valence-corrected chi connectivity index (χ2v) is 4.56. The average molecular weight is 266 g/mol. The van der Waals surface area contributed by atoms with E-state index in [-0.39, 0.29) is 0 Å². The fourth-order valence-electron chi connectivity index (χ4n) is 2.26. The molecule has 3 rings (SSSR count). The summed E-state index contributed by atoms with van der Waals surface area (Å²) in [6.45, 7) is 0.680. The molecule has 0 atom stereocenters. The van der Waals surface area contributed by atoms with E-state index in [1.807, 2.05) is 47.3 Å². The lowest BCUT2D eigenvalue weighted by atomic mass is 10.2. The van der Waals surface area contributed by atoms with Crippen molar-refractivity contribution >= 4 is 16.8 Å². The van der Waals surface area contributed by atoms with E-state index in [2.05, 4.69) is 10.1 Å². The van der Waals surface area contributed by atoms with Crippen LogP contribution in [0.4, 0.5) is 0 Å². The Labute approximate surface area is 116 Å². The molecule has 0 fully saturated rings. The number of pyridine rings is 1. The van der Waals surface area contributed by atoms with Crippen LogP contribution in [0.5, 0.6) is 0 Å². The maximum Gasteiger partial charge on any atom is 0.269 e. The summed E-state index contributed by atoms with van der Waals surface area (Å²) in [4.78, 5) is 15.5. The first kappa shape index (κ1) is 12.3. The minimum Gasteiger partial charge on any atom is -0.364 e. The van der Waals surface area contributed by atoms with Crippen molar-refractivity contribution < 1.29 is 4.79 Å². The van der Waals surface area contributed by atoms with Gasteiger partial charge in [-0.3, -0.25) is 14.5 Å². The number of aryl methyl sites for hydroxylation is 2. The van der Waals surface area contributed by atoms with Gasteiger partial charge >= 0.3 is 0 Å². The smallest absolute Gasteiger partial charge is 0.269 e. The van der Waals surface area contributed by atoms with E-state index in [1.54, 1.807) is 6.20 Å². The minimum atomic E-state index is -0.499. The van der Waals surface area contributed by atoms with Gasteiger partial charge in [-0.1, -0.05) is 24.3 Å². The number of para-hydroxylation sites is 1. The lowest BCUT2D eigenvalue weighted by molar-refractivity contribution is 0.0996. The normalized spacial score (nSPS) is 10.8. The van der Waals surface area contributed by atoms with Gasteiger partial charge in [-0.2, -0.15) is 5.10 Å². The number of rotatable bonds is 4. The van der Waals surface area contributed by atoms with Crippen molar-refractivity contribution in [1.29, 1.82) is 0 Å². The zero-order valence-electron chi connectivity index (χ0n) is 10.9. The molecule has 0 aliphatic rings. The number of nitrogens with zero attached hydrogens (tertiary/aromatic N) is 3. The van der Waals surface area contributed by atoms with Crippen LogP contribution >= 0.6 is 0 Å². The Balaban J connectivity index is 1.94. The number of aromatic nitrogens is 3. The van der Waals surface area contributed by atoms with Crippen molar-refractivity contribution in [2.75, 3.05) is 0 Å². The Morgan fingerprint density at radius 2 is 2.05 bits per heavy atom. The van der Waals surface area contributed by atoms with Crippen LogP contribution in [-0.2, 0) is 13.0 Å². The molecule has 0 saturated carbocycles. The van der Waals surface area contributed by atoms with E-state index in [1.165, 1.54) is 0 Å². The molecule has 2 N–H and O–H groups in total. The van der Waals surface area contributed by atoms with Crippen LogP contribution in [-0.4, -0.2) is 20.7 Å². The standard InChI is InChI=1S/C15H14N4O/c16-15(20)14-12-5-1-2-6-13(12)19(18-14)9-7-11-4-3-8-17-10-11/h1-6,8,10H,7,9H2,(H2,16,20). The van der Waals surface area contributed by atoms with Gasteiger partial charge in [-0.25, -0.2) is 0 Å². The number of carbonyl (C=O) groups is 1. The molecule has 0 aliphatic carbocycles. The van der Waals surface area contributed by atoms with E-state index in [0.717, 1.165) is 22.9 Å². The lowest BCUT2D eigenvalue weighted by Gasteiger charge is -2.03. The summed E-state index contributed by atoms with van der Waals surface area (Å²) < 4.78 is 1.82. The van der Waals surface area contributed by atoms with Gasteiger partial charge < -0.3 is 5.73 Å². The van der Waals surface area contributed by atoms with Gasteiger partial charge in [0.05, 0.1) is 5.52 Å². The summed E-state index contributed by atoms with van der Waals surface area (Å²) in [7, 11) is 0. The molecule has 3 aromatic rings. The fraction of sp³-hybridized carbons (Fsp3) is 0.133. The van der Waals surface area contributed by atoms with Gasteiger partial charge in [0, 0.05) is 24.3 Å². The van der Waals surface area contributed by atoms with E-state index in [9.17, 15) is 4.79 Å². The highest BCUT2D eigenvalue weighted by Crippen LogP contribution is 2.18. The SMILES string of the molecule is NC(=O)c1nn(CCc2cccnc2)c2ccccc12. The summed E-state index contributed by atoms with van der Waals surface area (Å²) in [5.74, 6) is -0.499. The molecule has 0 unspecified atom stereocenters. The van der Waals surface area contributed by atoms with Crippen LogP contribution < -0.4 is 5.73 Å². The third kappa shape index (κ3) is 2.25. The van der Waals surface area contributed by atoms with E-state index < -0.39 is 5.91 Å². The first-order valence-electron chi connectivity index (χ1n) is 6.40. The van der Waals surface area contributed by atoms with Gasteiger partial charge in [0.25, 0.3) is 5.91 Å². The molecule has 0 saturated heterocycles. The number of nitrogens with two attached hydrogens (primary N) is 1. The van der Waals surface area contributed by atoms with E-state index in [0.29, 0.717) is 12.2 Å². The molecule has 0 spiro atoms. The highest BCUT2D eigenvalue weighted by Gasteiger charge is 2.13. The number of fused-ring (bicyclic) bond motifs is 1. The van der Waals surface area contributed by atoms with Crippen molar-refractivity contribution in [3.63, 3.8) is 0 Å². The molecule has 2 aromatic heterocycles. The van der Waals surface area contributed by atoms with Crippen molar-refractivity contribution in [1.82, 2.24) is 14.8 Å². The van der Waals surface area contributed by atoms with Crippen molar-refractivity contribution in [2.45, 2.75) is 13.0 Å². The largest absolute Gasteiger partial charge is 0.364 e. The molecule has 2 heterocycles. The number of carbonyl (C=O) groups excluding carboxylic acids is 1. The summed E-state index contributed by atoms with van der Waals surface area (Å²) >= 11 is 0. The van der Waals surface area contributed by atoms with E-state index >= 15 is 0 Å². The topological polar surface area (TPSA) is 73.8 Å². The van der Waals surface area contributed by atoms with Gasteiger partial charge in [-0.15, -0.1) is 0 Å². The second-order valence-electron chi connectivity index (χ2n) is 4.56. The maximum absolute atomic E-state index is 11.4. The molecule has 20 heavy (non-hydrogen) atoms. The van der Waals surface area contributed by atoms with Crippen LogP contribution in [0, 0.1) is 0 Å². The number of benzene rings is 1. The molecule has 0 radical (unpaired) electrons. The Bertz CT molecular complexity index is 749. The van der Waals surface area contributed by atoms with E-state index in [4.69, 9.17) is 5.73 Å².